The molecule has 1 heterocycles. The molecule has 0 radical (unpaired) electrons. The van der Waals surface area contributed by atoms with E-state index in [-0.39, 0.29) is 5.91 Å². The maximum atomic E-state index is 11.1. The molecule has 0 saturated carbocycles. The van der Waals surface area contributed by atoms with Crippen molar-refractivity contribution in [2.45, 2.75) is 40.5 Å². The Morgan fingerprint density at radius 3 is 2.12 bits per heavy atom. The van der Waals surface area contributed by atoms with Gasteiger partial charge in [0.15, 0.2) is 0 Å². The van der Waals surface area contributed by atoms with E-state index in [2.05, 4.69) is 13.5 Å². The van der Waals surface area contributed by atoms with Gasteiger partial charge in [-0.05, 0) is 31.4 Å². The average Bonchev–Trinajstić information content (AvgIpc) is 2.33. The zero-order valence-electron chi connectivity index (χ0n) is 11.3. The van der Waals surface area contributed by atoms with Crippen molar-refractivity contribution in [2.75, 3.05) is 19.6 Å². The summed E-state index contributed by atoms with van der Waals surface area (Å²) in [6.45, 7) is 14.2. The Morgan fingerprint density at radius 1 is 1.44 bits per heavy atom. The third-order valence-electron chi connectivity index (χ3n) is 2.27. The van der Waals surface area contributed by atoms with Gasteiger partial charge in [0, 0.05) is 13.1 Å². The van der Waals surface area contributed by atoms with Gasteiger partial charge in [-0.1, -0.05) is 34.3 Å². The highest BCUT2D eigenvalue weighted by Crippen LogP contribution is 2.15. The highest BCUT2D eigenvalue weighted by atomic mass is 16.2. The van der Waals surface area contributed by atoms with E-state index < -0.39 is 0 Å². The number of hydrogen-bond acceptors (Lipinski definition) is 2. The van der Waals surface area contributed by atoms with Crippen LogP contribution in [0.1, 0.15) is 40.5 Å². The number of amides is 1. The van der Waals surface area contributed by atoms with Crippen LogP contribution in [0, 0.1) is 5.92 Å². The maximum Gasteiger partial charge on any atom is 0.245 e. The molecule has 1 amide bonds. The van der Waals surface area contributed by atoms with E-state index in [9.17, 15) is 4.79 Å². The summed E-state index contributed by atoms with van der Waals surface area (Å²) in [6, 6.07) is 0. The molecule has 0 aliphatic carbocycles. The van der Waals surface area contributed by atoms with Gasteiger partial charge in [-0.25, -0.2) is 0 Å². The summed E-state index contributed by atoms with van der Waals surface area (Å²) in [5.41, 5.74) is 4.85. The second-order valence-corrected chi connectivity index (χ2v) is 3.62. The summed E-state index contributed by atoms with van der Waals surface area (Å²) >= 11 is 0. The topological polar surface area (TPSA) is 46.3 Å². The zero-order chi connectivity index (χ0) is 13.0. The fraction of sp³-hybridized carbons (Fsp3) is 0.769. The van der Waals surface area contributed by atoms with E-state index in [0.29, 0.717) is 0 Å². The minimum Gasteiger partial charge on any atom is -0.339 e. The highest BCUT2D eigenvalue weighted by Gasteiger charge is 2.17. The van der Waals surface area contributed by atoms with E-state index in [1.807, 2.05) is 25.7 Å². The van der Waals surface area contributed by atoms with Crippen molar-refractivity contribution in [3.8, 4) is 0 Å². The molecule has 16 heavy (non-hydrogen) atoms. The molecule has 1 rings (SSSR count). The number of rotatable bonds is 1. The molecule has 0 unspecified atom stereocenters. The van der Waals surface area contributed by atoms with Crippen LogP contribution < -0.4 is 5.73 Å². The summed E-state index contributed by atoms with van der Waals surface area (Å²) in [4.78, 5) is 12.9. The van der Waals surface area contributed by atoms with E-state index in [0.717, 1.165) is 38.4 Å². The Morgan fingerprint density at radius 2 is 1.81 bits per heavy atom. The molecule has 1 saturated heterocycles. The van der Waals surface area contributed by atoms with Gasteiger partial charge in [0.05, 0.1) is 0 Å². The molecule has 96 valence electrons. The van der Waals surface area contributed by atoms with E-state index in [4.69, 9.17) is 5.73 Å². The number of hydrogen-bond donors (Lipinski definition) is 1. The Labute approximate surface area is 101 Å². The van der Waals surface area contributed by atoms with Crippen LogP contribution in [-0.4, -0.2) is 30.4 Å². The first-order chi connectivity index (χ1) is 7.65. The first-order valence-electron chi connectivity index (χ1n) is 6.27. The van der Waals surface area contributed by atoms with Crippen LogP contribution in [-0.2, 0) is 4.79 Å². The Bertz CT molecular complexity index is 173. The van der Waals surface area contributed by atoms with Crippen molar-refractivity contribution in [1.29, 1.82) is 0 Å². The molecule has 0 atom stereocenters. The summed E-state index contributed by atoms with van der Waals surface area (Å²) in [5.74, 6) is 0.862. The Balaban J connectivity index is 0. The Hall–Kier alpha value is -0.830. The highest BCUT2D eigenvalue weighted by molar-refractivity contribution is 5.87. The molecule has 1 fully saturated rings. The van der Waals surface area contributed by atoms with Crippen molar-refractivity contribution >= 4 is 5.91 Å². The predicted molar refractivity (Wildman–Crippen MR) is 71.3 cm³/mol. The maximum absolute atomic E-state index is 11.1. The van der Waals surface area contributed by atoms with Gasteiger partial charge in [0.25, 0.3) is 0 Å². The average molecular weight is 228 g/mol. The van der Waals surface area contributed by atoms with Crippen LogP contribution in [0.2, 0.25) is 0 Å². The summed E-state index contributed by atoms with van der Waals surface area (Å²) in [7, 11) is 0. The van der Waals surface area contributed by atoms with Crippen LogP contribution in [0.15, 0.2) is 12.7 Å². The van der Waals surface area contributed by atoms with Crippen molar-refractivity contribution < 1.29 is 4.79 Å². The standard InChI is InChI=1S/C9H15NO.C2H7N.C2H6/c1-3-9(11)10-6-4-8(2)5-7-10;1-2-3;1-2/h3,8H,1,4-7H2,2H3;2-3H2,1H3;1-2H3. The molecular formula is C13H28N2O. The van der Waals surface area contributed by atoms with Crippen LogP contribution >= 0.6 is 0 Å². The second-order valence-electron chi connectivity index (χ2n) is 3.62. The fourth-order valence-corrected chi connectivity index (χ4v) is 1.36. The number of nitrogens with zero attached hydrogens (tertiary/aromatic N) is 1. The monoisotopic (exact) mass is 228 g/mol. The second kappa shape index (κ2) is 12.2. The van der Waals surface area contributed by atoms with E-state index >= 15 is 0 Å². The lowest BCUT2D eigenvalue weighted by molar-refractivity contribution is -0.127. The van der Waals surface area contributed by atoms with Crippen molar-refractivity contribution in [3.63, 3.8) is 0 Å². The van der Waals surface area contributed by atoms with Gasteiger partial charge in [-0.2, -0.15) is 0 Å². The fourth-order valence-electron chi connectivity index (χ4n) is 1.36. The van der Waals surface area contributed by atoms with E-state index in [1.54, 1.807) is 0 Å². The zero-order valence-corrected chi connectivity index (χ0v) is 11.3. The summed E-state index contributed by atoms with van der Waals surface area (Å²) in [6.07, 6.45) is 3.68. The van der Waals surface area contributed by atoms with Gasteiger partial charge in [-0.3, -0.25) is 4.79 Å². The van der Waals surface area contributed by atoms with Crippen molar-refractivity contribution in [2.24, 2.45) is 11.7 Å². The number of nitrogens with two attached hydrogens (primary N) is 1. The lowest BCUT2D eigenvalue weighted by atomic mass is 9.99. The largest absolute Gasteiger partial charge is 0.339 e. The van der Waals surface area contributed by atoms with Crippen LogP contribution in [0.5, 0.6) is 0 Å². The molecule has 1 aliphatic rings. The normalized spacial score (nSPS) is 15.2. The molecule has 0 spiro atoms. The molecule has 3 heteroatoms. The molecule has 1 aliphatic heterocycles. The van der Waals surface area contributed by atoms with Crippen molar-refractivity contribution in [3.05, 3.63) is 12.7 Å². The third kappa shape index (κ3) is 8.48. The molecular weight excluding hydrogens is 200 g/mol. The van der Waals surface area contributed by atoms with Crippen LogP contribution in [0.3, 0.4) is 0 Å². The quantitative estimate of drug-likeness (QED) is 0.701. The van der Waals surface area contributed by atoms with Crippen LogP contribution in [0.4, 0.5) is 0 Å². The van der Waals surface area contributed by atoms with Crippen LogP contribution in [0.25, 0.3) is 0 Å². The first-order valence-corrected chi connectivity index (χ1v) is 6.27. The molecule has 0 bridgehead atoms. The third-order valence-corrected chi connectivity index (χ3v) is 2.27. The summed E-state index contributed by atoms with van der Waals surface area (Å²) in [5, 5.41) is 0. The van der Waals surface area contributed by atoms with Gasteiger partial charge in [0.1, 0.15) is 0 Å². The summed E-state index contributed by atoms with van der Waals surface area (Å²) < 4.78 is 0. The number of carbonyl (C=O) groups is 1. The van der Waals surface area contributed by atoms with E-state index in [1.165, 1.54) is 6.08 Å². The van der Waals surface area contributed by atoms with Crippen molar-refractivity contribution in [1.82, 2.24) is 4.90 Å². The number of likely N-dealkylation sites (tertiary alicyclic amines) is 1. The smallest absolute Gasteiger partial charge is 0.245 e. The number of piperidine rings is 1. The minimum absolute atomic E-state index is 0.0805. The van der Waals surface area contributed by atoms with Gasteiger partial charge >= 0.3 is 0 Å². The molecule has 2 N–H and O–H groups in total. The molecule has 3 nitrogen and oxygen atoms in total. The SMILES string of the molecule is C=CC(=O)N1CCC(C)CC1.CC.CCN. The van der Waals surface area contributed by atoms with Gasteiger partial charge < -0.3 is 10.6 Å². The molecule has 0 aromatic rings. The lowest BCUT2D eigenvalue weighted by Gasteiger charge is -2.29. The first kappa shape index (κ1) is 17.6. The van der Waals surface area contributed by atoms with Gasteiger partial charge in [0.2, 0.25) is 5.91 Å². The number of carbonyl (C=O) groups excluding carboxylic acids is 1. The minimum atomic E-state index is 0.0805. The lowest BCUT2D eigenvalue weighted by Crippen LogP contribution is -2.36. The molecule has 0 aromatic heterocycles. The Kier molecular flexibility index (Phi) is 13.4. The molecule has 0 aromatic carbocycles. The van der Waals surface area contributed by atoms with Gasteiger partial charge in [-0.15, -0.1) is 0 Å². The predicted octanol–water partition coefficient (Wildman–Crippen LogP) is 2.42.